The van der Waals surface area contributed by atoms with Crippen molar-refractivity contribution in [2.24, 2.45) is 5.10 Å². The van der Waals surface area contributed by atoms with Crippen LogP contribution in [-0.2, 0) is 0 Å². The SMILES string of the molecule is CCC[NH+]1CCC2(CC1)Oc1ccccc1[C@H]1CC(c3ccc(OC)cc3OC)=NN12. The number of methoxy groups -OCH3 is 2. The summed E-state index contributed by atoms with van der Waals surface area (Å²) in [6.07, 6.45) is 4.04. The van der Waals surface area contributed by atoms with Gasteiger partial charge in [-0.3, -0.25) is 0 Å². The summed E-state index contributed by atoms with van der Waals surface area (Å²) < 4.78 is 17.8. The van der Waals surface area contributed by atoms with E-state index in [4.69, 9.17) is 19.3 Å². The smallest absolute Gasteiger partial charge is 0.208 e. The third kappa shape index (κ3) is 3.43. The predicted molar refractivity (Wildman–Crippen MR) is 120 cm³/mol. The summed E-state index contributed by atoms with van der Waals surface area (Å²) in [5.41, 5.74) is 2.94. The number of ether oxygens (including phenoxy) is 3. The van der Waals surface area contributed by atoms with Gasteiger partial charge in [-0.15, -0.1) is 0 Å². The molecular formula is C25H32N3O3+. The minimum atomic E-state index is -0.363. The molecule has 6 heteroatoms. The third-order valence-electron chi connectivity index (χ3n) is 6.97. The Balaban J connectivity index is 1.53. The number of hydrogen-bond acceptors (Lipinski definition) is 5. The topological polar surface area (TPSA) is 47.7 Å². The van der Waals surface area contributed by atoms with Crippen molar-refractivity contribution in [3.8, 4) is 17.2 Å². The second-order valence-electron chi connectivity index (χ2n) is 8.76. The zero-order chi connectivity index (χ0) is 21.4. The van der Waals surface area contributed by atoms with Crippen molar-refractivity contribution < 1.29 is 19.1 Å². The lowest BCUT2D eigenvalue weighted by Crippen LogP contribution is -3.14. The monoisotopic (exact) mass is 422 g/mol. The molecule has 1 spiro atoms. The number of rotatable bonds is 5. The number of hydrogen-bond donors (Lipinski definition) is 1. The van der Waals surface area contributed by atoms with Gasteiger partial charge < -0.3 is 19.1 Å². The van der Waals surface area contributed by atoms with Gasteiger partial charge in [0.15, 0.2) is 0 Å². The fourth-order valence-electron chi connectivity index (χ4n) is 5.36. The first-order valence-corrected chi connectivity index (χ1v) is 11.4. The number of benzene rings is 2. The van der Waals surface area contributed by atoms with Crippen LogP contribution in [0.25, 0.3) is 0 Å². The minimum Gasteiger partial charge on any atom is -0.497 e. The Morgan fingerprint density at radius 1 is 1.13 bits per heavy atom. The van der Waals surface area contributed by atoms with E-state index in [1.165, 1.54) is 18.5 Å². The molecule has 0 aromatic heterocycles. The molecule has 3 aliphatic rings. The molecule has 6 nitrogen and oxygen atoms in total. The van der Waals surface area contributed by atoms with Crippen molar-refractivity contribution >= 4 is 5.71 Å². The fourth-order valence-corrected chi connectivity index (χ4v) is 5.36. The number of fused-ring (bicyclic) bond motifs is 4. The van der Waals surface area contributed by atoms with E-state index in [0.29, 0.717) is 0 Å². The van der Waals surface area contributed by atoms with Gasteiger partial charge in [-0.1, -0.05) is 25.1 Å². The molecule has 1 saturated heterocycles. The maximum Gasteiger partial charge on any atom is 0.208 e. The van der Waals surface area contributed by atoms with E-state index in [1.807, 2.05) is 12.1 Å². The van der Waals surface area contributed by atoms with Gasteiger partial charge in [0, 0.05) is 23.6 Å². The number of hydrazone groups is 1. The Bertz CT molecular complexity index is 982. The van der Waals surface area contributed by atoms with Gasteiger partial charge in [-0.25, -0.2) is 5.01 Å². The Labute approximate surface area is 184 Å². The van der Waals surface area contributed by atoms with E-state index >= 15 is 0 Å². The Kier molecular flexibility index (Phi) is 5.26. The van der Waals surface area contributed by atoms with E-state index in [1.54, 1.807) is 19.1 Å². The minimum absolute atomic E-state index is 0.194. The van der Waals surface area contributed by atoms with Crippen LogP contribution in [0.4, 0.5) is 0 Å². The lowest BCUT2D eigenvalue weighted by Gasteiger charge is -2.50. The summed E-state index contributed by atoms with van der Waals surface area (Å²) >= 11 is 0. The molecule has 2 aromatic rings. The van der Waals surface area contributed by atoms with Gasteiger partial charge in [0.1, 0.15) is 17.2 Å². The summed E-state index contributed by atoms with van der Waals surface area (Å²) in [5.74, 6) is 2.59. The maximum absolute atomic E-state index is 6.73. The van der Waals surface area contributed by atoms with Crippen molar-refractivity contribution in [2.75, 3.05) is 33.9 Å². The van der Waals surface area contributed by atoms with Crippen LogP contribution < -0.4 is 19.1 Å². The molecule has 3 aliphatic heterocycles. The standard InChI is InChI=1S/C25H31N3O3/c1-4-13-27-14-11-25(12-15-27)28-22(20-7-5-6-8-23(20)31-25)17-21(26-28)19-10-9-18(29-2)16-24(19)30-3/h5-10,16,22H,4,11-15,17H2,1-3H3/p+1/t22-/m1/s1. The number of piperidine rings is 1. The van der Waals surface area contributed by atoms with E-state index in [-0.39, 0.29) is 11.8 Å². The molecular weight excluding hydrogens is 390 g/mol. The van der Waals surface area contributed by atoms with Crippen LogP contribution in [0.3, 0.4) is 0 Å². The van der Waals surface area contributed by atoms with Gasteiger partial charge in [0.05, 0.1) is 58.4 Å². The second-order valence-corrected chi connectivity index (χ2v) is 8.76. The number of nitrogens with zero attached hydrogens (tertiary/aromatic N) is 2. The zero-order valence-corrected chi connectivity index (χ0v) is 18.7. The Morgan fingerprint density at radius 2 is 1.94 bits per heavy atom. The van der Waals surface area contributed by atoms with Gasteiger partial charge in [0.2, 0.25) is 5.72 Å². The van der Waals surface area contributed by atoms with Crippen LogP contribution in [0.2, 0.25) is 0 Å². The molecule has 0 saturated carbocycles. The van der Waals surface area contributed by atoms with Gasteiger partial charge in [0.25, 0.3) is 0 Å². The van der Waals surface area contributed by atoms with E-state index in [0.717, 1.165) is 60.9 Å². The van der Waals surface area contributed by atoms with Crippen molar-refractivity contribution in [3.63, 3.8) is 0 Å². The molecule has 0 bridgehead atoms. The zero-order valence-electron chi connectivity index (χ0n) is 18.7. The lowest BCUT2D eigenvalue weighted by atomic mass is 9.90. The molecule has 1 fully saturated rings. The maximum atomic E-state index is 6.73. The molecule has 2 aromatic carbocycles. The molecule has 0 amide bonds. The highest BCUT2D eigenvalue weighted by atomic mass is 16.5. The van der Waals surface area contributed by atoms with Crippen LogP contribution in [0.15, 0.2) is 47.6 Å². The van der Waals surface area contributed by atoms with Crippen LogP contribution in [0, 0.1) is 0 Å². The van der Waals surface area contributed by atoms with E-state index in [9.17, 15) is 0 Å². The summed E-state index contributed by atoms with van der Waals surface area (Å²) in [6.45, 7) is 5.74. The Hall–Kier alpha value is -2.73. The van der Waals surface area contributed by atoms with Crippen molar-refractivity contribution in [3.05, 3.63) is 53.6 Å². The van der Waals surface area contributed by atoms with Crippen LogP contribution in [0.5, 0.6) is 17.2 Å². The molecule has 31 heavy (non-hydrogen) atoms. The fraction of sp³-hybridized carbons (Fsp3) is 0.480. The number of likely N-dealkylation sites (tertiary alicyclic amines) is 1. The van der Waals surface area contributed by atoms with Gasteiger partial charge in [-0.2, -0.15) is 5.10 Å². The number of quaternary nitrogens is 1. The van der Waals surface area contributed by atoms with Gasteiger partial charge >= 0.3 is 0 Å². The van der Waals surface area contributed by atoms with Crippen LogP contribution in [0.1, 0.15) is 49.8 Å². The van der Waals surface area contributed by atoms with Crippen LogP contribution >= 0.6 is 0 Å². The van der Waals surface area contributed by atoms with E-state index in [2.05, 4.69) is 42.3 Å². The second kappa shape index (κ2) is 8.08. The number of para-hydroxylation sites is 1. The largest absolute Gasteiger partial charge is 0.497 e. The van der Waals surface area contributed by atoms with Crippen molar-refractivity contribution in [1.29, 1.82) is 0 Å². The summed E-state index contributed by atoms with van der Waals surface area (Å²) in [4.78, 5) is 1.67. The van der Waals surface area contributed by atoms with E-state index < -0.39 is 0 Å². The van der Waals surface area contributed by atoms with Crippen LogP contribution in [-0.4, -0.2) is 50.3 Å². The molecule has 0 aliphatic carbocycles. The molecule has 5 rings (SSSR count). The quantitative estimate of drug-likeness (QED) is 0.805. The third-order valence-corrected chi connectivity index (χ3v) is 6.97. The Morgan fingerprint density at radius 3 is 2.68 bits per heavy atom. The molecule has 0 unspecified atom stereocenters. The first kappa shape index (κ1) is 20.2. The highest BCUT2D eigenvalue weighted by Crippen LogP contribution is 2.49. The van der Waals surface area contributed by atoms with Crippen molar-refractivity contribution in [1.82, 2.24) is 5.01 Å². The highest BCUT2D eigenvalue weighted by Gasteiger charge is 2.53. The van der Waals surface area contributed by atoms with Gasteiger partial charge in [-0.05, 0) is 24.6 Å². The molecule has 0 radical (unpaired) electrons. The summed E-state index contributed by atoms with van der Waals surface area (Å²) in [7, 11) is 3.37. The van der Waals surface area contributed by atoms with Crippen molar-refractivity contribution in [2.45, 2.75) is 44.4 Å². The molecule has 1 atom stereocenters. The average Bonchev–Trinajstić information content (AvgIpc) is 3.27. The summed E-state index contributed by atoms with van der Waals surface area (Å²) in [6, 6.07) is 14.6. The normalized spacial score (nSPS) is 26.7. The average molecular weight is 423 g/mol. The number of nitrogens with one attached hydrogen (secondary N) is 1. The molecule has 164 valence electrons. The molecule has 1 N–H and O–H groups in total. The summed E-state index contributed by atoms with van der Waals surface area (Å²) in [5, 5.41) is 7.46. The predicted octanol–water partition coefficient (Wildman–Crippen LogP) is 3.03. The highest BCUT2D eigenvalue weighted by molar-refractivity contribution is 6.04. The lowest BCUT2D eigenvalue weighted by molar-refractivity contribution is -0.908. The molecule has 3 heterocycles. The first-order valence-electron chi connectivity index (χ1n) is 11.4. The first-order chi connectivity index (χ1) is 15.2.